The summed E-state index contributed by atoms with van der Waals surface area (Å²) in [5.41, 5.74) is 2.54. The van der Waals surface area contributed by atoms with Gasteiger partial charge in [0.2, 0.25) is 0 Å². The maximum absolute atomic E-state index is 12.3. The number of rotatable bonds is 5. The van der Waals surface area contributed by atoms with Crippen LogP contribution in [-0.4, -0.2) is 35.6 Å². The van der Waals surface area contributed by atoms with E-state index in [1.165, 1.54) is 0 Å². The lowest BCUT2D eigenvalue weighted by atomic mass is 10.1. The number of carbonyl (C=O) groups is 1. The molecule has 1 amide bonds. The third kappa shape index (κ3) is 3.48. The second-order valence-electron chi connectivity index (χ2n) is 4.96. The zero-order valence-corrected chi connectivity index (χ0v) is 11.7. The highest BCUT2D eigenvalue weighted by Gasteiger charge is 2.13. The van der Waals surface area contributed by atoms with Gasteiger partial charge in [0.05, 0.1) is 18.6 Å². The Hall–Kier alpha value is -2.07. The molecule has 0 spiro atoms. The lowest BCUT2D eigenvalue weighted by Crippen LogP contribution is -2.29. The molecule has 1 N–H and O–H groups in total. The van der Waals surface area contributed by atoms with Gasteiger partial charge in [-0.05, 0) is 37.1 Å². The van der Waals surface area contributed by atoms with Gasteiger partial charge >= 0.3 is 0 Å². The van der Waals surface area contributed by atoms with Gasteiger partial charge in [0, 0.05) is 24.7 Å². The van der Waals surface area contributed by atoms with Crippen LogP contribution in [0.4, 0.5) is 0 Å². The Balaban J connectivity index is 2.12. The fraction of sp³-hybridized carbons (Fsp3) is 0.312. The predicted octanol–water partition coefficient (Wildman–Crippen LogP) is 2.79. The molecule has 0 saturated carbocycles. The second kappa shape index (κ2) is 6.39. The van der Waals surface area contributed by atoms with Crippen LogP contribution in [0.3, 0.4) is 0 Å². The first-order chi connectivity index (χ1) is 9.58. The smallest absolute Gasteiger partial charge is 0.253 e. The van der Waals surface area contributed by atoms with E-state index in [4.69, 9.17) is 4.42 Å². The molecular formula is C16H19NO3. The van der Waals surface area contributed by atoms with E-state index < -0.39 is 6.10 Å². The molecule has 0 saturated heterocycles. The normalized spacial score (nSPS) is 12.2. The van der Waals surface area contributed by atoms with Crippen molar-refractivity contribution in [1.82, 2.24) is 4.90 Å². The number of amides is 1. The van der Waals surface area contributed by atoms with Crippen molar-refractivity contribution in [3.05, 3.63) is 48.4 Å². The fourth-order valence-electron chi connectivity index (χ4n) is 1.96. The fourth-order valence-corrected chi connectivity index (χ4v) is 1.96. The van der Waals surface area contributed by atoms with Crippen LogP contribution in [0.5, 0.6) is 0 Å². The highest BCUT2D eigenvalue weighted by atomic mass is 16.3. The third-order valence-electron chi connectivity index (χ3n) is 3.19. The second-order valence-corrected chi connectivity index (χ2v) is 4.96. The first kappa shape index (κ1) is 14.3. The monoisotopic (exact) mass is 273 g/mol. The minimum atomic E-state index is -0.400. The summed E-state index contributed by atoms with van der Waals surface area (Å²) in [6.45, 7) is 2.25. The Labute approximate surface area is 118 Å². The molecule has 0 aliphatic carbocycles. The van der Waals surface area contributed by atoms with Gasteiger partial charge in [0.15, 0.2) is 0 Å². The van der Waals surface area contributed by atoms with E-state index in [0.717, 1.165) is 11.1 Å². The molecule has 0 fully saturated rings. The quantitative estimate of drug-likeness (QED) is 0.911. The highest BCUT2D eigenvalue weighted by molar-refractivity contribution is 5.95. The Morgan fingerprint density at radius 2 is 2.15 bits per heavy atom. The Morgan fingerprint density at radius 1 is 1.35 bits per heavy atom. The molecule has 4 nitrogen and oxygen atoms in total. The van der Waals surface area contributed by atoms with Crippen LogP contribution in [0.25, 0.3) is 11.1 Å². The molecule has 1 atom stereocenters. The molecule has 2 aromatic rings. The minimum Gasteiger partial charge on any atom is -0.472 e. The molecule has 106 valence electrons. The van der Waals surface area contributed by atoms with E-state index in [1.807, 2.05) is 24.3 Å². The van der Waals surface area contributed by atoms with E-state index >= 15 is 0 Å². The molecule has 1 heterocycles. The molecular weight excluding hydrogens is 254 g/mol. The van der Waals surface area contributed by atoms with Crippen molar-refractivity contribution < 1.29 is 14.3 Å². The molecule has 0 bridgehead atoms. The van der Waals surface area contributed by atoms with Crippen LogP contribution < -0.4 is 0 Å². The van der Waals surface area contributed by atoms with Gasteiger partial charge in [-0.1, -0.05) is 12.1 Å². The molecule has 1 aromatic heterocycles. The van der Waals surface area contributed by atoms with Crippen molar-refractivity contribution >= 4 is 5.91 Å². The van der Waals surface area contributed by atoms with Crippen molar-refractivity contribution in [2.24, 2.45) is 0 Å². The summed E-state index contributed by atoms with van der Waals surface area (Å²) in [6, 6.07) is 9.31. The van der Waals surface area contributed by atoms with Crippen LogP contribution in [0.1, 0.15) is 23.7 Å². The van der Waals surface area contributed by atoms with Crippen molar-refractivity contribution in [2.75, 3.05) is 13.6 Å². The van der Waals surface area contributed by atoms with Crippen LogP contribution >= 0.6 is 0 Å². The van der Waals surface area contributed by atoms with Gasteiger partial charge in [-0.2, -0.15) is 0 Å². The van der Waals surface area contributed by atoms with Crippen LogP contribution in [0.15, 0.2) is 47.3 Å². The number of aliphatic hydroxyl groups is 1. The third-order valence-corrected chi connectivity index (χ3v) is 3.19. The SMILES string of the molecule is CC(O)CCN(C)C(=O)c1cccc(-c2ccoc2)c1. The molecule has 4 heteroatoms. The van der Waals surface area contributed by atoms with Crippen molar-refractivity contribution in [1.29, 1.82) is 0 Å². The molecule has 20 heavy (non-hydrogen) atoms. The lowest BCUT2D eigenvalue weighted by molar-refractivity contribution is 0.0769. The van der Waals surface area contributed by atoms with E-state index in [1.54, 1.807) is 37.5 Å². The predicted molar refractivity (Wildman–Crippen MR) is 77.4 cm³/mol. The lowest BCUT2D eigenvalue weighted by Gasteiger charge is -2.18. The molecule has 0 aliphatic heterocycles. The first-order valence-electron chi connectivity index (χ1n) is 6.64. The van der Waals surface area contributed by atoms with Gasteiger partial charge in [0.1, 0.15) is 0 Å². The van der Waals surface area contributed by atoms with E-state index in [2.05, 4.69) is 0 Å². The van der Waals surface area contributed by atoms with E-state index in [9.17, 15) is 9.90 Å². The molecule has 1 unspecified atom stereocenters. The average molecular weight is 273 g/mol. The maximum Gasteiger partial charge on any atom is 0.253 e. The largest absolute Gasteiger partial charge is 0.472 e. The van der Waals surface area contributed by atoms with Gasteiger partial charge in [-0.3, -0.25) is 4.79 Å². The summed E-state index contributed by atoms with van der Waals surface area (Å²) in [6.07, 6.45) is 3.44. The summed E-state index contributed by atoms with van der Waals surface area (Å²) in [7, 11) is 1.75. The number of carbonyl (C=O) groups excluding carboxylic acids is 1. The van der Waals surface area contributed by atoms with Crippen molar-refractivity contribution in [3.63, 3.8) is 0 Å². The summed E-state index contributed by atoms with van der Waals surface area (Å²) < 4.78 is 5.06. The average Bonchev–Trinajstić information content (AvgIpc) is 2.98. The van der Waals surface area contributed by atoms with Crippen molar-refractivity contribution in [3.8, 4) is 11.1 Å². The van der Waals surface area contributed by atoms with E-state index in [-0.39, 0.29) is 5.91 Å². The molecule has 1 aromatic carbocycles. The highest BCUT2D eigenvalue weighted by Crippen LogP contribution is 2.21. The van der Waals surface area contributed by atoms with Crippen LogP contribution in [-0.2, 0) is 0 Å². The zero-order chi connectivity index (χ0) is 14.5. The number of hydrogen-bond donors (Lipinski definition) is 1. The number of hydrogen-bond acceptors (Lipinski definition) is 3. The standard InChI is InChI=1S/C16H19NO3/c1-12(18)6-8-17(2)16(19)14-5-3-4-13(10-14)15-7-9-20-11-15/h3-5,7,9-12,18H,6,8H2,1-2H3. The van der Waals surface area contributed by atoms with Gasteiger partial charge in [0.25, 0.3) is 5.91 Å². The summed E-state index contributed by atoms with van der Waals surface area (Å²) in [5, 5.41) is 9.27. The van der Waals surface area contributed by atoms with Crippen LogP contribution in [0.2, 0.25) is 0 Å². The molecule has 2 rings (SSSR count). The molecule has 0 aliphatic rings. The zero-order valence-electron chi connectivity index (χ0n) is 11.7. The van der Waals surface area contributed by atoms with Crippen LogP contribution in [0, 0.1) is 0 Å². The Kier molecular flexibility index (Phi) is 4.58. The Bertz CT molecular complexity index is 561. The number of furan rings is 1. The number of benzene rings is 1. The topological polar surface area (TPSA) is 53.7 Å². The Morgan fingerprint density at radius 3 is 2.80 bits per heavy atom. The number of aliphatic hydroxyl groups excluding tert-OH is 1. The minimum absolute atomic E-state index is 0.0454. The first-order valence-corrected chi connectivity index (χ1v) is 6.64. The maximum atomic E-state index is 12.3. The number of nitrogens with zero attached hydrogens (tertiary/aromatic N) is 1. The summed E-state index contributed by atoms with van der Waals surface area (Å²) in [5.74, 6) is -0.0454. The summed E-state index contributed by atoms with van der Waals surface area (Å²) in [4.78, 5) is 13.9. The van der Waals surface area contributed by atoms with Gasteiger partial charge < -0.3 is 14.4 Å². The molecule has 0 radical (unpaired) electrons. The van der Waals surface area contributed by atoms with E-state index in [0.29, 0.717) is 18.5 Å². The summed E-state index contributed by atoms with van der Waals surface area (Å²) >= 11 is 0. The van der Waals surface area contributed by atoms with Crippen molar-refractivity contribution in [2.45, 2.75) is 19.4 Å². The van der Waals surface area contributed by atoms with Gasteiger partial charge in [-0.15, -0.1) is 0 Å². The van der Waals surface area contributed by atoms with Gasteiger partial charge in [-0.25, -0.2) is 0 Å².